The van der Waals surface area contributed by atoms with Crippen molar-refractivity contribution in [3.05, 3.63) is 82.3 Å². The number of piperazine rings is 1. The Balaban J connectivity index is 1.32. The molecule has 3 heterocycles. The molecule has 2 aliphatic heterocycles. The Morgan fingerprint density at radius 1 is 0.747 bits per heavy atom. The van der Waals surface area contributed by atoms with Crippen LogP contribution in [0.3, 0.4) is 0 Å². The molecular weight excluding hydrogens is 1290 g/mol. The quantitative estimate of drug-likeness (QED) is 0.0308. The number of nitrogens with zero attached hydrogens (tertiary/aromatic N) is 6. The molecule has 5 rings (SSSR count). The van der Waals surface area contributed by atoms with Crippen molar-refractivity contribution >= 4 is 76.6 Å². The number of rotatable bonds is 34. The minimum atomic E-state index is -1.53. The third-order valence-corrected chi connectivity index (χ3v) is 19.3. The molecule has 11 amide bonds. The minimum absolute atomic E-state index is 0.0469. The van der Waals surface area contributed by atoms with Gasteiger partial charge in [0.25, 0.3) is 5.91 Å². The van der Waals surface area contributed by atoms with E-state index in [9.17, 15) is 43.2 Å². The van der Waals surface area contributed by atoms with Crippen molar-refractivity contribution in [1.29, 1.82) is 0 Å². The lowest BCUT2D eigenvalue weighted by molar-refractivity contribution is -0.148. The first-order chi connectivity index (χ1) is 46.7. The SMILES string of the molecule is CC[C@H](C)[C@@H]([C@@H](CC(=O)N1CCC[C@H]1[C@H](OC)[C@@H](C)C(=O)NC(Cc1ccccc1)c1nccs1)OC)N(C)C(=O)[C@@H](NC(=O)[C@H](C(C)C)N(C)C(=O)OC(C(=O)N1CCN(C)CC1)c1ccc(NC(=O)[C@H](CCCNC(N)=O)NC(=O)[C@@H](NC(=O)OC(C)(C)C)C(C)C)cc1)C(C)C. The third kappa shape index (κ3) is 23.9. The first-order valence-electron chi connectivity index (χ1n) is 34.5. The van der Waals surface area contributed by atoms with Crippen molar-refractivity contribution < 1.29 is 66.9 Å². The molecule has 2 fully saturated rings. The van der Waals surface area contributed by atoms with Gasteiger partial charge in [-0.15, -0.1) is 11.3 Å². The molecule has 27 nitrogen and oxygen atoms in total. The lowest BCUT2D eigenvalue weighted by Gasteiger charge is -2.41. The number of anilines is 1. The molecule has 0 saturated carbocycles. The van der Waals surface area contributed by atoms with E-state index in [1.807, 2.05) is 63.5 Å². The number of aromatic nitrogens is 1. The zero-order valence-corrected chi connectivity index (χ0v) is 61.9. The van der Waals surface area contributed by atoms with Crippen LogP contribution in [0.2, 0.25) is 0 Å². The van der Waals surface area contributed by atoms with Crippen molar-refractivity contribution in [2.45, 2.75) is 194 Å². The maximum atomic E-state index is 15.1. The Kier molecular flexibility index (Phi) is 31.8. The average Bonchev–Trinajstić information content (AvgIpc) is 1.79. The van der Waals surface area contributed by atoms with Gasteiger partial charge in [0.1, 0.15) is 34.8 Å². The molecule has 28 heteroatoms. The van der Waals surface area contributed by atoms with Gasteiger partial charge in [0.05, 0.1) is 42.7 Å². The number of ether oxygens (including phenoxy) is 4. The second-order valence-corrected chi connectivity index (χ2v) is 29.0. The minimum Gasteiger partial charge on any atom is -0.444 e. The summed E-state index contributed by atoms with van der Waals surface area (Å²) in [6, 6.07) is 9.08. The first kappa shape index (κ1) is 81.7. The highest BCUT2D eigenvalue weighted by Crippen LogP contribution is 2.32. The summed E-state index contributed by atoms with van der Waals surface area (Å²) in [4.78, 5) is 153. The number of thiazole rings is 1. The number of amides is 11. The summed E-state index contributed by atoms with van der Waals surface area (Å²) in [6.45, 7) is 23.6. The highest BCUT2D eigenvalue weighted by molar-refractivity contribution is 7.09. The van der Waals surface area contributed by atoms with E-state index in [1.165, 1.54) is 49.8 Å². The Bertz CT molecular complexity index is 3130. The number of alkyl carbamates (subject to hydrolysis) is 1. The number of primary amides is 1. The fourth-order valence-corrected chi connectivity index (χ4v) is 13.4. The molecule has 0 aliphatic carbocycles. The Hall–Kier alpha value is -7.95. The van der Waals surface area contributed by atoms with E-state index in [-0.39, 0.29) is 60.8 Å². The monoisotopic (exact) mass is 1400 g/mol. The number of benzene rings is 2. The molecule has 2 unspecified atom stereocenters. The van der Waals surface area contributed by atoms with Crippen molar-refractivity contribution in [2.24, 2.45) is 35.3 Å². The van der Waals surface area contributed by atoms with E-state index in [2.05, 4.69) is 41.8 Å². The summed E-state index contributed by atoms with van der Waals surface area (Å²) >= 11 is 1.47. The highest BCUT2D eigenvalue weighted by atomic mass is 32.1. The fourth-order valence-electron chi connectivity index (χ4n) is 12.7. The molecule has 2 saturated heterocycles. The topological polar surface area (TPSA) is 335 Å². The maximum Gasteiger partial charge on any atom is 0.411 e. The standard InChI is InChI=1S/C71H111N13O14S/c1-18-45(8)58(53(95-16)41-54(85)84-34-23-27-52(84)59(96-17)46(9)61(86)77-51(65-73-33-39-99-65)40-47-24-20-19-21-25-47)81(14)66(90)56(43(4)5)78-64(89)57(44(6)7)82(15)70(94)97-60(67(91)83-37-35-80(13)36-38-83)48-28-30-49(31-29-48)75-62(87)50(26-22-32-74-68(72)92)76-63(88)55(42(2)3)79-69(93)98-71(10,11)12/h19-21,24-25,28-31,33,39,42-46,50-53,55-60H,18,22-23,26-27,32,34-38,40-41H2,1-17H3,(H,75,87)(H,76,88)(H,77,86)(H,78,89)(H,79,93)(H3,72,74,92)/t45-,46+,50-,51?,52-,53+,55-,56-,57-,58-,59+,60?/m0/s1. The summed E-state index contributed by atoms with van der Waals surface area (Å²) in [7, 11) is 8.01. The second-order valence-electron chi connectivity index (χ2n) is 28.1. The van der Waals surface area contributed by atoms with Crippen LogP contribution in [-0.4, -0.2) is 218 Å². The van der Waals surface area contributed by atoms with E-state index < -0.39 is 132 Å². The molecule has 550 valence electrons. The fraction of sp³-hybridized carbons (Fsp3) is 0.648. The van der Waals surface area contributed by atoms with Gasteiger partial charge in [-0.2, -0.15) is 0 Å². The molecule has 0 radical (unpaired) electrons. The summed E-state index contributed by atoms with van der Waals surface area (Å²) in [5, 5.41) is 19.4. The van der Waals surface area contributed by atoms with Crippen LogP contribution in [0.25, 0.3) is 0 Å². The molecular formula is C71H111N13O14S. The Morgan fingerprint density at radius 2 is 1.39 bits per heavy atom. The Labute approximate surface area is 588 Å². The predicted octanol–water partition coefficient (Wildman–Crippen LogP) is 6.63. The maximum absolute atomic E-state index is 15.1. The van der Waals surface area contributed by atoms with Crippen molar-refractivity contribution in [1.82, 2.24) is 56.1 Å². The van der Waals surface area contributed by atoms with E-state index >= 15 is 4.79 Å². The van der Waals surface area contributed by atoms with Gasteiger partial charge >= 0.3 is 18.2 Å². The first-order valence-corrected chi connectivity index (χ1v) is 35.4. The zero-order chi connectivity index (χ0) is 73.6. The summed E-state index contributed by atoms with van der Waals surface area (Å²) in [5.41, 5.74) is 5.96. The van der Waals surface area contributed by atoms with Gasteiger partial charge in [-0.05, 0) is 101 Å². The summed E-state index contributed by atoms with van der Waals surface area (Å²) in [6.07, 6.45) is -0.481. The van der Waals surface area contributed by atoms with Gasteiger partial charge in [-0.25, -0.2) is 19.4 Å². The van der Waals surface area contributed by atoms with Crippen LogP contribution >= 0.6 is 11.3 Å². The average molecular weight is 1400 g/mol. The van der Waals surface area contributed by atoms with Gasteiger partial charge in [0.2, 0.25) is 41.5 Å². The van der Waals surface area contributed by atoms with Crippen molar-refractivity contribution in [2.75, 3.05) is 79.9 Å². The van der Waals surface area contributed by atoms with E-state index in [0.717, 1.165) is 15.5 Å². The van der Waals surface area contributed by atoms with Gasteiger partial charge < -0.3 is 76.2 Å². The zero-order valence-electron chi connectivity index (χ0n) is 61.1. The molecule has 2 aliphatic rings. The number of likely N-dealkylation sites (N-methyl/N-ethyl adjacent to an activating group) is 3. The van der Waals surface area contributed by atoms with E-state index in [1.54, 1.807) is 97.4 Å². The Morgan fingerprint density at radius 3 is 1.95 bits per heavy atom. The van der Waals surface area contributed by atoms with Crippen LogP contribution in [0.5, 0.6) is 0 Å². The predicted molar refractivity (Wildman–Crippen MR) is 378 cm³/mol. The molecule has 99 heavy (non-hydrogen) atoms. The van der Waals surface area contributed by atoms with Crippen molar-refractivity contribution in [3.63, 3.8) is 0 Å². The molecule has 0 bridgehead atoms. The smallest absolute Gasteiger partial charge is 0.411 e. The normalized spacial score (nSPS) is 17.7. The molecule has 0 spiro atoms. The number of methoxy groups -OCH3 is 2. The second kappa shape index (κ2) is 38.6. The molecule has 3 aromatic rings. The number of carbonyl (C=O) groups is 10. The molecule has 8 N–H and O–H groups in total. The van der Waals surface area contributed by atoms with Crippen LogP contribution < -0.4 is 37.6 Å². The van der Waals surface area contributed by atoms with Crippen molar-refractivity contribution in [3.8, 4) is 0 Å². The summed E-state index contributed by atoms with van der Waals surface area (Å²) < 4.78 is 23.8. The number of carbonyl (C=O) groups excluding carboxylic acids is 10. The molecule has 1 aromatic heterocycles. The number of nitrogens with two attached hydrogens (primary N) is 1. The summed E-state index contributed by atoms with van der Waals surface area (Å²) in [5.74, 6) is -5.68. The third-order valence-electron chi connectivity index (χ3n) is 18.4. The lowest BCUT2D eigenvalue weighted by atomic mass is 9.89. The number of hydrogen-bond acceptors (Lipinski definition) is 17. The van der Waals surface area contributed by atoms with Crippen LogP contribution in [0, 0.1) is 29.6 Å². The number of nitrogens with one attached hydrogen (secondary N) is 6. The largest absolute Gasteiger partial charge is 0.444 e. The highest BCUT2D eigenvalue weighted by Gasteiger charge is 2.45. The molecule has 12 atom stereocenters. The van der Waals surface area contributed by atoms with Crippen LogP contribution in [0.15, 0.2) is 66.2 Å². The van der Waals surface area contributed by atoms with Crippen LogP contribution in [0.1, 0.15) is 150 Å². The lowest BCUT2D eigenvalue weighted by Crippen LogP contribution is -2.60. The van der Waals surface area contributed by atoms with Gasteiger partial charge in [0.15, 0.2) is 0 Å². The van der Waals surface area contributed by atoms with Gasteiger partial charge in [-0.1, -0.05) is 111 Å². The molecule has 2 aromatic carbocycles. The number of hydrogen-bond donors (Lipinski definition) is 7. The number of likely N-dealkylation sites (tertiary alicyclic amines) is 1. The van der Waals surface area contributed by atoms with Crippen LogP contribution in [0.4, 0.5) is 20.1 Å². The van der Waals surface area contributed by atoms with E-state index in [4.69, 9.17) is 24.7 Å². The number of urea groups is 1. The van der Waals surface area contributed by atoms with Crippen LogP contribution in [-0.2, 0) is 58.9 Å². The van der Waals surface area contributed by atoms with Gasteiger partial charge in [0, 0.05) is 90.4 Å². The van der Waals surface area contributed by atoms with E-state index in [0.29, 0.717) is 58.4 Å². The van der Waals surface area contributed by atoms with Gasteiger partial charge in [-0.3, -0.25) is 38.5 Å².